The molecule has 0 aliphatic carbocycles. The molecule has 1 unspecified atom stereocenters. The average molecular weight is 262 g/mol. The van der Waals surface area contributed by atoms with Crippen molar-refractivity contribution in [1.82, 2.24) is 10.2 Å². The van der Waals surface area contributed by atoms with Gasteiger partial charge in [-0.2, -0.15) is 0 Å². The molecule has 0 bridgehead atoms. The third kappa shape index (κ3) is 2.83. The van der Waals surface area contributed by atoms with E-state index in [1.165, 1.54) is 5.56 Å². The Morgan fingerprint density at radius 2 is 1.95 bits per heavy atom. The third-order valence-corrected chi connectivity index (χ3v) is 4.37. The Balaban J connectivity index is 2.38. The Labute approximate surface area is 116 Å². The zero-order valence-electron chi connectivity index (χ0n) is 12.1. The van der Waals surface area contributed by atoms with Crippen LogP contribution in [0.4, 0.5) is 0 Å². The lowest BCUT2D eigenvalue weighted by Gasteiger charge is -2.46. The highest BCUT2D eigenvalue weighted by atomic mass is 16.3. The van der Waals surface area contributed by atoms with Crippen molar-refractivity contribution < 1.29 is 5.11 Å². The van der Waals surface area contributed by atoms with Crippen molar-refractivity contribution in [3.63, 3.8) is 0 Å². The van der Waals surface area contributed by atoms with E-state index in [1.54, 1.807) is 0 Å². The second-order valence-corrected chi connectivity index (χ2v) is 5.69. The highest BCUT2D eigenvalue weighted by molar-refractivity contribution is 5.26. The van der Waals surface area contributed by atoms with E-state index < -0.39 is 0 Å². The molecule has 3 heteroatoms. The molecular formula is C16H26N2O. The van der Waals surface area contributed by atoms with Crippen molar-refractivity contribution in [2.45, 2.75) is 25.8 Å². The Kier molecular flexibility index (Phi) is 4.97. The number of nitrogens with zero attached hydrogens (tertiary/aromatic N) is 1. The molecule has 0 aromatic heterocycles. The van der Waals surface area contributed by atoms with Gasteiger partial charge >= 0.3 is 0 Å². The van der Waals surface area contributed by atoms with Crippen LogP contribution >= 0.6 is 0 Å². The minimum Gasteiger partial charge on any atom is -0.394 e. The summed E-state index contributed by atoms with van der Waals surface area (Å²) in [7, 11) is 0. The van der Waals surface area contributed by atoms with E-state index in [0.29, 0.717) is 5.92 Å². The maximum atomic E-state index is 10.2. The van der Waals surface area contributed by atoms with E-state index in [1.807, 2.05) is 6.07 Å². The maximum absolute atomic E-state index is 10.2. The van der Waals surface area contributed by atoms with E-state index in [0.717, 1.165) is 32.6 Å². The molecule has 2 N–H and O–H groups in total. The lowest BCUT2D eigenvalue weighted by Crippen LogP contribution is -2.53. The zero-order chi connectivity index (χ0) is 13.7. The second kappa shape index (κ2) is 6.51. The Bertz CT molecular complexity index is 372. The Hall–Kier alpha value is -0.900. The van der Waals surface area contributed by atoms with E-state index in [9.17, 15) is 5.11 Å². The molecular weight excluding hydrogens is 236 g/mol. The fourth-order valence-electron chi connectivity index (χ4n) is 3.23. The second-order valence-electron chi connectivity index (χ2n) is 5.69. The topological polar surface area (TPSA) is 35.5 Å². The molecule has 0 spiro atoms. The molecule has 1 heterocycles. The third-order valence-electron chi connectivity index (χ3n) is 4.37. The van der Waals surface area contributed by atoms with Gasteiger partial charge in [0.1, 0.15) is 0 Å². The normalized spacial score (nSPS) is 21.1. The van der Waals surface area contributed by atoms with Crippen molar-refractivity contribution in [2.24, 2.45) is 5.92 Å². The first kappa shape index (κ1) is 14.5. The lowest BCUT2D eigenvalue weighted by molar-refractivity contribution is -0.00657. The van der Waals surface area contributed by atoms with Gasteiger partial charge in [-0.05, 0) is 24.4 Å². The predicted octanol–water partition coefficient (Wildman–Crippen LogP) is 1.83. The van der Waals surface area contributed by atoms with Crippen LogP contribution in [0.1, 0.15) is 25.8 Å². The van der Waals surface area contributed by atoms with E-state index >= 15 is 0 Å². The van der Waals surface area contributed by atoms with Crippen LogP contribution in [-0.2, 0) is 5.54 Å². The van der Waals surface area contributed by atoms with Gasteiger partial charge in [0.25, 0.3) is 0 Å². The number of rotatable bonds is 4. The van der Waals surface area contributed by atoms with Gasteiger partial charge in [0.2, 0.25) is 0 Å². The van der Waals surface area contributed by atoms with Gasteiger partial charge in [0, 0.05) is 19.6 Å². The monoisotopic (exact) mass is 262 g/mol. The number of aliphatic hydroxyl groups is 1. The fourth-order valence-corrected chi connectivity index (χ4v) is 3.23. The van der Waals surface area contributed by atoms with Gasteiger partial charge in [-0.15, -0.1) is 0 Å². The van der Waals surface area contributed by atoms with Crippen LogP contribution in [0, 0.1) is 5.92 Å². The molecule has 1 saturated heterocycles. The quantitative estimate of drug-likeness (QED) is 0.869. The van der Waals surface area contributed by atoms with Crippen molar-refractivity contribution in [3.8, 4) is 0 Å². The minimum absolute atomic E-state index is 0.175. The number of hydrogen-bond donors (Lipinski definition) is 2. The first-order chi connectivity index (χ1) is 9.21. The summed E-state index contributed by atoms with van der Waals surface area (Å²) in [5.41, 5.74) is 0.974. The highest BCUT2D eigenvalue weighted by Crippen LogP contribution is 2.36. The molecule has 3 nitrogen and oxygen atoms in total. The number of benzene rings is 1. The van der Waals surface area contributed by atoms with Gasteiger partial charge in [-0.1, -0.05) is 44.2 Å². The Morgan fingerprint density at radius 3 is 2.58 bits per heavy atom. The molecule has 0 radical (unpaired) electrons. The molecule has 1 aliphatic heterocycles. The van der Waals surface area contributed by atoms with Crippen LogP contribution in [0.5, 0.6) is 0 Å². The summed E-state index contributed by atoms with van der Waals surface area (Å²) in [6.45, 7) is 8.71. The molecule has 0 saturated carbocycles. The van der Waals surface area contributed by atoms with Crippen LogP contribution in [0.2, 0.25) is 0 Å². The van der Waals surface area contributed by atoms with Crippen LogP contribution < -0.4 is 5.32 Å². The van der Waals surface area contributed by atoms with Crippen molar-refractivity contribution >= 4 is 0 Å². The van der Waals surface area contributed by atoms with Crippen LogP contribution in [-0.4, -0.2) is 42.8 Å². The molecule has 0 amide bonds. The van der Waals surface area contributed by atoms with Crippen molar-refractivity contribution in [3.05, 3.63) is 35.9 Å². The van der Waals surface area contributed by atoms with E-state index in [4.69, 9.17) is 0 Å². The molecule has 2 rings (SSSR count). The van der Waals surface area contributed by atoms with E-state index in [-0.39, 0.29) is 12.1 Å². The van der Waals surface area contributed by atoms with Crippen LogP contribution in [0.15, 0.2) is 30.3 Å². The molecule has 19 heavy (non-hydrogen) atoms. The largest absolute Gasteiger partial charge is 0.394 e. The summed E-state index contributed by atoms with van der Waals surface area (Å²) in [4.78, 5) is 2.47. The summed E-state index contributed by atoms with van der Waals surface area (Å²) >= 11 is 0. The molecule has 1 aromatic carbocycles. The summed E-state index contributed by atoms with van der Waals surface area (Å²) in [6.07, 6.45) is 1.14. The summed E-state index contributed by atoms with van der Waals surface area (Å²) < 4.78 is 0. The van der Waals surface area contributed by atoms with Crippen molar-refractivity contribution in [2.75, 3.05) is 32.8 Å². The number of nitrogens with one attached hydrogen (secondary N) is 1. The van der Waals surface area contributed by atoms with Gasteiger partial charge in [-0.25, -0.2) is 0 Å². The molecule has 1 aliphatic rings. The van der Waals surface area contributed by atoms with Crippen LogP contribution in [0.25, 0.3) is 0 Å². The van der Waals surface area contributed by atoms with Gasteiger partial charge in [0.15, 0.2) is 0 Å². The first-order valence-electron chi connectivity index (χ1n) is 7.34. The summed E-state index contributed by atoms with van der Waals surface area (Å²) in [5, 5.41) is 13.6. The Morgan fingerprint density at radius 1 is 1.21 bits per heavy atom. The fraction of sp³-hybridized carbons (Fsp3) is 0.625. The summed E-state index contributed by atoms with van der Waals surface area (Å²) in [6, 6.07) is 10.5. The van der Waals surface area contributed by atoms with Crippen LogP contribution in [0.3, 0.4) is 0 Å². The minimum atomic E-state index is -0.257. The lowest BCUT2D eigenvalue weighted by atomic mass is 9.78. The summed E-state index contributed by atoms with van der Waals surface area (Å²) in [5.74, 6) is 0.373. The number of aliphatic hydroxyl groups excluding tert-OH is 1. The zero-order valence-corrected chi connectivity index (χ0v) is 12.1. The molecule has 106 valence electrons. The van der Waals surface area contributed by atoms with Gasteiger partial charge in [0.05, 0.1) is 12.1 Å². The van der Waals surface area contributed by atoms with Gasteiger partial charge < -0.3 is 10.4 Å². The molecule has 1 atom stereocenters. The average Bonchev–Trinajstić information content (AvgIpc) is 2.71. The first-order valence-corrected chi connectivity index (χ1v) is 7.34. The standard InChI is InChI=1S/C16H26N2O/c1-14(2)16(13-19,15-7-4-3-5-8-15)18-11-6-9-17-10-12-18/h3-5,7-8,14,17,19H,6,9-13H2,1-2H3. The maximum Gasteiger partial charge on any atom is 0.0717 e. The molecule has 1 aromatic rings. The highest BCUT2D eigenvalue weighted by Gasteiger charge is 2.40. The van der Waals surface area contributed by atoms with E-state index in [2.05, 4.69) is 48.3 Å². The predicted molar refractivity (Wildman–Crippen MR) is 79.1 cm³/mol. The van der Waals surface area contributed by atoms with Gasteiger partial charge in [-0.3, -0.25) is 4.90 Å². The number of hydrogen-bond acceptors (Lipinski definition) is 3. The molecule has 1 fully saturated rings. The SMILES string of the molecule is CC(C)C(CO)(c1ccccc1)N1CCCNCC1. The van der Waals surface area contributed by atoms with Crippen molar-refractivity contribution in [1.29, 1.82) is 0 Å². The smallest absolute Gasteiger partial charge is 0.0717 e.